The van der Waals surface area contributed by atoms with E-state index in [0.29, 0.717) is 0 Å². The van der Waals surface area contributed by atoms with Crippen molar-refractivity contribution in [3.63, 3.8) is 0 Å². The molecule has 0 atom stereocenters. The molecule has 1 saturated carbocycles. The Hall–Kier alpha value is 0.674. The van der Waals surface area contributed by atoms with Gasteiger partial charge in [0.2, 0.25) is 0 Å². The third-order valence-corrected chi connectivity index (χ3v) is 4.93. The van der Waals surface area contributed by atoms with E-state index in [2.05, 4.69) is 46.4 Å². The standard InChI is InChI=1S/C19H34N.2CH3.Ti/c1-7-9-12-20(13-10-8-2)14-11-19-17(5)15(3)16(4)18(19)6;;;/h7-14H2,1-6H3;2*1H3;/q;2*-1;+3. The summed E-state index contributed by atoms with van der Waals surface area (Å²) in [4.78, 5) is 2.67. The van der Waals surface area contributed by atoms with Gasteiger partial charge in [0.15, 0.2) is 0 Å². The quantitative estimate of drug-likeness (QED) is 0.355. The molecule has 6 radical (unpaired) electrons. The van der Waals surface area contributed by atoms with E-state index in [4.69, 9.17) is 0 Å². The summed E-state index contributed by atoms with van der Waals surface area (Å²) in [6, 6.07) is 0. The van der Waals surface area contributed by atoms with E-state index in [1.54, 1.807) is 5.92 Å². The maximum Gasteiger partial charge on any atom is 3.00 e. The summed E-state index contributed by atoms with van der Waals surface area (Å²) in [6.45, 7) is 17.5. The predicted octanol–water partition coefficient (Wildman–Crippen LogP) is 6.14. The molecule has 1 nitrogen and oxygen atoms in total. The predicted molar refractivity (Wildman–Crippen MR) is 103 cm³/mol. The third kappa shape index (κ3) is 8.55. The van der Waals surface area contributed by atoms with Crippen molar-refractivity contribution >= 4 is 0 Å². The summed E-state index contributed by atoms with van der Waals surface area (Å²) < 4.78 is 0. The summed E-state index contributed by atoms with van der Waals surface area (Å²) in [7, 11) is 0. The Morgan fingerprint density at radius 3 is 1.39 bits per heavy atom. The molecule has 1 aliphatic rings. The van der Waals surface area contributed by atoms with Gasteiger partial charge in [0, 0.05) is 0 Å². The molecule has 0 aliphatic heterocycles. The van der Waals surface area contributed by atoms with Crippen LogP contribution in [0.1, 0.15) is 73.6 Å². The number of hydrogen-bond acceptors (Lipinski definition) is 1. The molecule has 0 spiro atoms. The Morgan fingerprint density at radius 2 is 1.04 bits per heavy atom. The van der Waals surface area contributed by atoms with Gasteiger partial charge < -0.3 is 19.8 Å². The Morgan fingerprint density at radius 1 is 0.652 bits per heavy atom. The van der Waals surface area contributed by atoms with Gasteiger partial charge in [-0.1, -0.05) is 54.4 Å². The van der Waals surface area contributed by atoms with Gasteiger partial charge in [0.05, 0.1) is 0 Å². The normalized spacial score (nSPS) is 17.9. The van der Waals surface area contributed by atoms with E-state index < -0.39 is 0 Å². The van der Waals surface area contributed by atoms with Crippen LogP contribution < -0.4 is 0 Å². The molecule has 23 heavy (non-hydrogen) atoms. The van der Waals surface area contributed by atoms with Gasteiger partial charge in [-0.15, -0.1) is 0 Å². The van der Waals surface area contributed by atoms with Gasteiger partial charge in [-0.05, 0) is 68.5 Å². The Balaban J connectivity index is -0.00000133. The molecule has 0 bridgehead atoms. The van der Waals surface area contributed by atoms with Crippen molar-refractivity contribution in [3.8, 4) is 0 Å². The van der Waals surface area contributed by atoms with E-state index >= 15 is 0 Å². The van der Waals surface area contributed by atoms with Crippen LogP contribution in [0.25, 0.3) is 0 Å². The van der Waals surface area contributed by atoms with Crippen LogP contribution in [-0.4, -0.2) is 24.5 Å². The average Bonchev–Trinajstić information content (AvgIpc) is 2.63. The van der Waals surface area contributed by atoms with Crippen LogP contribution in [0.5, 0.6) is 0 Å². The zero-order chi connectivity index (χ0) is 15.1. The summed E-state index contributed by atoms with van der Waals surface area (Å²) >= 11 is 0. The van der Waals surface area contributed by atoms with Crippen LogP contribution in [-0.2, 0) is 21.7 Å². The minimum Gasteiger partial charge on any atom is -0.358 e. The molecular weight excluding hydrogens is 314 g/mol. The molecule has 0 N–H and O–H groups in total. The van der Waals surface area contributed by atoms with Crippen molar-refractivity contribution in [2.75, 3.05) is 19.6 Å². The second-order valence-electron chi connectivity index (χ2n) is 6.28. The van der Waals surface area contributed by atoms with E-state index in [0.717, 1.165) is 0 Å². The Bertz CT molecular complexity index is 234. The second kappa shape index (κ2) is 15.0. The topological polar surface area (TPSA) is 3.24 Å². The SMILES string of the molecule is CCCCN(CCCC)CC[C]1[C](C)[C](C)[C](C)[C]1C.[CH3-].[CH3-].[Ti+3]. The zero-order valence-corrected chi connectivity index (χ0v) is 18.7. The third-order valence-electron chi connectivity index (χ3n) is 4.93. The van der Waals surface area contributed by atoms with E-state index in [-0.39, 0.29) is 36.6 Å². The zero-order valence-electron chi connectivity index (χ0n) is 17.1. The van der Waals surface area contributed by atoms with Gasteiger partial charge in [-0.25, -0.2) is 0 Å². The monoisotopic (exact) mass is 354 g/mol. The molecule has 0 heterocycles. The van der Waals surface area contributed by atoms with E-state index in [1.807, 2.05) is 0 Å². The first-order chi connectivity index (χ1) is 9.52. The molecule has 132 valence electrons. The molecular formula is C21H40NTi+. The number of unbranched alkanes of at least 4 members (excludes halogenated alkanes) is 2. The van der Waals surface area contributed by atoms with Gasteiger partial charge in [0.1, 0.15) is 0 Å². The van der Waals surface area contributed by atoms with Gasteiger partial charge in [0.25, 0.3) is 0 Å². The molecule has 1 aliphatic carbocycles. The van der Waals surface area contributed by atoms with E-state index in [9.17, 15) is 0 Å². The van der Waals surface area contributed by atoms with Crippen molar-refractivity contribution in [2.24, 2.45) is 0 Å². The van der Waals surface area contributed by atoms with Gasteiger partial charge >= 0.3 is 21.7 Å². The molecule has 0 unspecified atom stereocenters. The molecule has 0 aromatic rings. The maximum absolute atomic E-state index is 2.67. The summed E-state index contributed by atoms with van der Waals surface area (Å²) in [5.41, 5.74) is 0. The number of hydrogen-bond donors (Lipinski definition) is 0. The van der Waals surface area contributed by atoms with E-state index in [1.165, 1.54) is 75.4 Å². The molecule has 1 rings (SSSR count). The van der Waals surface area contributed by atoms with Crippen LogP contribution in [0.2, 0.25) is 0 Å². The van der Waals surface area contributed by atoms with Crippen molar-refractivity contribution < 1.29 is 21.7 Å². The van der Waals surface area contributed by atoms with Crippen LogP contribution in [0.4, 0.5) is 0 Å². The van der Waals surface area contributed by atoms with Crippen molar-refractivity contribution in [3.05, 3.63) is 44.4 Å². The Labute approximate surface area is 164 Å². The van der Waals surface area contributed by atoms with Gasteiger partial charge in [-0.2, -0.15) is 0 Å². The summed E-state index contributed by atoms with van der Waals surface area (Å²) in [6.07, 6.45) is 6.49. The molecule has 0 aromatic carbocycles. The van der Waals surface area contributed by atoms with Crippen LogP contribution in [0, 0.1) is 44.4 Å². The second-order valence-corrected chi connectivity index (χ2v) is 6.28. The maximum atomic E-state index is 2.67. The average molecular weight is 354 g/mol. The number of rotatable bonds is 9. The molecule has 0 amide bonds. The van der Waals surface area contributed by atoms with Crippen molar-refractivity contribution in [1.82, 2.24) is 4.90 Å². The van der Waals surface area contributed by atoms with Crippen LogP contribution in [0.15, 0.2) is 0 Å². The van der Waals surface area contributed by atoms with Gasteiger partial charge in [-0.3, -0.25) is 0 Å². The number of nitrogens with zero attached hydrogens (tertiary/aromatic N) is 1. The first-order valence-corrected chi connectivity index (χ1v) is 8.47. The molecule has 0 aromatic heterocycles. The molecule has 1 fully saturated rings. The fourth-order valence-corrected chi connectivity index (χ4v) is 3.04. The van der Waals surface area contributed by atoms with Crippen LogP contribution in [0.3, 0.4) is 0 Å². The fourth-order valence-electron chi connectivity index (χ4n) is 3.04. The Kier molecular flexibility index (Phi) is 18.5. The fraction of sp³-hybridized carbons (Fsp3) is 0.667. The van der Waals surface area contributed by atoms with Crippen LogP contribution >= 0.6 is 0 Å². The van der Waals surface area contributed by atoms with Crippen molar-refractivity contribution in [2.45, 2.75) is 73.6 Å². The largest absolute Gasteiger partial charge is 3.00 e. The molecule has 2 heteroatoms. The minimum atomic E-state index is 0. The minimum absolute atomic E-state index is 0. The summed E-state index contributed by atoms with van der Waals surface area (Å²) in [5, 5.41) is 0. The first-order valence-electron chi connectivity index (χ1n) is 8.47. The summed E-state index contributed by atoms with van der Waals surface area (Å²) in [5.74, 6) is 7.69. The molecule has 0 saturated heterocycles. The van der Waals surface area contributed by atoms with Crippen molar-refractivity contribution in [1.29, 1.82) is 0 Å². The first kappa shape index (κ1) is 28.5. The smallest absolute Gasteiger partial charge is 0.358 e.